The van der Waals surface area contributed by atoms with Gasteiger partial charge in [0, 0.05) is 23.4 Å². The molecule has 1 aromatic rings. The highest BCUT2D eigenvalue weighted by molar-refractivity contribution is 6.08. The maximum absolute atomic E-state index is 12.2. The van der Waals surface area contributed by atoms with Gasteiger partial charge in [0.1, 0.15) is 0 Å². The molecule has 0 bridgehead atoms. The molecule has 1 aliphatic heterocycles. The van der Waals surface area contributed by atoms with Crippen molar-refractivity contribution in [3.8, 4) is 0 Å². The third-order valence-electron chi connectivity index (χ3n) is 3.69. The summed E-state index contributed by atoms with van der Waals surface area (Å²) in [5.74, 6) is 0.465. The second kappa shape index (κ2) is 3.70. The second-order valence-corrected chi connectivity index (χ2v) is 4.90. The van der Waals surface area contributed by atoms with Crippen molar-refractivity contribution >= 4 is 11.6 Å². The van der Waals surface area contributed by atoms with Crippen molar-refractivity contribution < 1.29 is 9.90 Å². The Morgan fingerprint density at radius 3 is 2.53 bits per heavy atom. The Labute approximate surface area is 100 Å². The van der Waals surface area contributed by atoms with Crippen molar-refractivity contribution in [3.05, 3.63) is 42.0 Å². The normalized spacial score (nSPS) is 27.0. The van der Waals surface area contributed by atoms with Crippen molar-refractivity contribution in [1.29, 1.82) is 0 Å². The minimum absolute atomic E-state index is 0.0481. The average Bonchev–Trinajstić information content (AvgIpc) is 2.53. The van der Waals surface area contributed by atoms with Crippen LogP contribution in [0.3, 0.4) is 0 Å². The van der Waals surface area contributed by atoms with E-state index >= 15 is 0 Å². The van der Waals surface area contributed by atoms with Crippen molar-refractivity contribution in [3.63, 3.8) is 0 Å². The summed E-state index contributed by atoms with van der Waals surface area (Å²) in [5, 5.41) is 9.27. The summed E-state index contributed by atoms with van der Waals surface area (Å²) in [4.78, 5) is 13.9. The average molecular weight is 229 g/mol. The highest BCUT2D eigenvalue weighted by Gasteiger charge is 2.35. The highest BCUT2D eigenvalue weighted by atomic mass is 16.3. The van der Waals surface area contributed by atoms with Gasteiger partial charge >= 0.3 is 0 Å². The fourth-order valence-corrected chi connectivity index (χ4v) is 2.64. The monoisotopic (exact) mass is 229 g/mol. The van der Waals surface area contributed by atoms with Gasteiger partial charge in [-0.15, -0.1) is 0 Å². The molecule has 1 aromatic carbocycles. The van der Waals surface area contributed by atoms with Gasteiger partial charge in [-0.3, -0.25) is 4.79 Å². The minimum atomic E-state index is -0.173. The molecule has 88 valence electrons. The topological polar surface area (TPSA) is 40.5 Å². The number of aliphatic hydroxyl groups excluding tert-OH is 1. The second-order valence-electron chi connectivity index (χ2n) is 4.90. The number of fused-ring (bicyclic) bond motifs is 1. The van der Waals surface area contributed by atoms with Crippen LogP contribution in [0.1, 0.15) is 28.8 Å². The Morgan fingerprint density at radius 2 is 1.94 bits per heavy atom. The molecule has 17 heavy (non-hydrogen) atoms. The largest absolute Gasteiger partial charge is 0.393 e. The lowest BCUT2D eigenvalue weighted by Crippen LogP contribution is -2.38. The zero-order chi connectivity index (χ0) is 12.0. The first-order chi connectivity index (χ1) is 8.16. The highest BCUT2D eigenvalue weighted by Crippen LogP contribution is 2.35. The number of hydrogen-bond donors (Lipinski definition) is 1. The SMILES string of the molecule is C=C1c2ccccc2C(=O)N1CC1CC(O)C1. The van der Waals surface area contributed by atoms with E-state index in [1.807, 2.05) is 24.3 Å². The Kier molecular flexibility index (Phi) is 2.30. The zero-order valence-electron chi connectivity index (χ0n) is 9.60. The van der Waals surface area contributed by atoms with Gasteiger partial charge in [-0.25, -0.2) is 0 Å². The van der Waals surface area contributed by atoms with Gasteiger partial charge < -0.3 is 10.0 Å². The number of nitrogens with zero attached hydrogens (tertiary/aromatic N) is 1. The van der Waals surface area contributed by atoms with E-state index in [1.165, 1.54) is 0 Å². The van der Waals surface area contributed by atoms with E-state index in [-0.39, 0.29) is 12.0 Å². The van der Waals surface area contributed by atoms with Gasteiger partial charge in [-0.1, -0.05) is 24.8 Å². The fraction of sp³-hybridized carbons (Fsp3) is 0.357. The Hall–Kier alpha value is -1.61. The van der Waals surface area contributed by atoms with Crippen LogP contribution in [0, 0.1) is 5.92 Å². The van der Waals surface area contributed by atoms with Gasteiger partial charge in [-0.05, 0) is 24.8 Å². The van der Waals surface area contributed by atoms with Crippen molar-refractivity contribution in [2.75, 3.05) is 6.54 Å². The summed E-state index contributed by atoms with van der Waals surface area (Å²) in [5.41, 5.74) is 2.49. The maximum atomic E-state index is 12.2. The summed E-state index contributed by atoms with van der Waals surface area (Å²) in [6, 6.07) is 7.58. The number of carbonyl (C=O) groups excluding carboxylic acids is 1. The van der Waals surface area contributed by atoms with Gasteiger partial charge in [0.25, 0.3) is 5.91 Å². The van der Waals surface area contributed by atoms with Crippen molar-refractivity contribution in [2.45, 2.75) is 18.9 Å². The number of benzene rings is 1. The van der Waals surface area contributed by atoms with Crippen LogP contribution in [-0.4, -0.2) is 28.6 Å². The number of amides is 1. The first-order valence-corrected chi connectivity index (χ1v) is 5.95. The number of rotatable bonds is 2. The van der Waals surface area contributed by atoms with E-state index in [0.717, 1.165) is 29.7 Å². The molecule has 0 atom stereocenters. The first kappa shape index (κ1) is 10.5. The van der Waals surface area contributed by atoms with E-state index in [1.54, 1.807) is 4.90 Å². The quantitative estimate of drug-likeness (QED) is 0.841. The predicted molar refractivity (Wildman–Crippen MR) is 65.2 cm³/mol. The number of aliphatic hydroxyl groups is 1. The lowest BCUT2D eigenvalue weighted by Gasteiger charge is -2.34. The molecule has 1 saturated carbocycles. The van der Waals surface area contributed by atoms with Crippen LogP contribution < -0.4 is 0 Å². The minimum Gasteiger partial charge on any atom is -0.393 e. The Bertz CT molecular complexity index is 454. The molecule has 1 N–H and O–H groups in total. The van der Waals surface area contributed by atoms with Crippen LogP contribution in [0.15, 0.2) is 30.8 Å². The van der Waals surface area contributed by atoms with Gasteiger partial charge in [0.2, 0.25) is 0 Å². The Balaban J connectivity index is 1.81. The van der Waals surface area contributed by atoms with Gasteiger partial charge in [-0.2, -0.15) is 0 Å². The summed E-state index contributed by atoms with van der Waals surface area (Å²) < 4.78 is 0. The molecule has 0 spiro atoms. The molecule has 2 aliphatic rings. The summed E-state index contributed by atoms with van der Waals surface area (Å²) in [6.07, 6.45) is 1.43. The summed E-state index contributed by atoms with van der Waals surface area (Å²) in [6.45, 7) is 4.68. The van der Waals surface area contributed by atoms with Crippen LogP contribution in [0.5, 0.6) is 0 Å². The van der Waals surface area contributed by atoms with Crippen molar-refractivity contribution in [1.82, 2.24) is 4.90 Å². The lowest BCUT2D eigenvalue weighted by atomic mass is 9.82. The third kappa shape index (κ3) is 1.58. The molecule has 1 heterocycles. The number of hydrogen-bond acceptors (Lipinski definition) is 2. The maximum Gasteiger partial charge on any atom is 0.258 e. The predicted octanol–water partition coefficient (Wildman–Crippen LogP) is 1.88. The summed E-state index contributed by atoms with van der Waals surface area (Å²) in [7, 11) is 0. The van der Waals surface area contributed by atoms with Crippen LogP contribution in [-0.2, 0) is 0 Å². The van der Waals surface area contributed by atoms with Crippen LogP contribution in [0.25, 0.3) is 5.70 Å². The van der Waals surface area contributed by atoms with E-state index in [9.17, 15) is 9.90 Å². The Morgan fingerprint density at radius 1 is 1.29 bits per heavy atom. The van der Waals surface area contributed by atoms with Crippen LogP contribution in [0.4, 0.5) is 0 Å². The molecule has 1 amide bonds. The molecule has 0 unspecified atom stereocenters. The zero-order valence-corrected chi connectivity index (χ0v) is 9.60. The fourth-order valence-electron chi connectivity index (χ4n) is 2.64. The van der Waals surface area contributed by atoms with E-state index in [0.29, 0.717) is 12.5 Å². The van der Waals surface area contributed by atoms with Crippen LogP contribution in [0.2, 0.25) is 0 Å². The van der Waals surface area contributed by atoms with E-state index in [2.05, 4.69) is 6.58 Å². The first-order valence-electron chi connectivity index (χ1n) is 5.95. The lowest BCUT2D eigenvalue weighted by molar-refractivity contribution is 0.0311. The third-order valence-corrected chi connectivity index (χ3v) is 3.69. The molecule has 0 radical (unpaired) electrons. The molecule has 3 nitrogen and oxygen atoms in total. The molecule has 1 aliphatic carbocycles. The smallest absolute Gasteiger partial charge is 0.258 e. The molecule has 3 rings (SSSR count). The van der Waals surface area contributed by atoms with Crippen molar-refractivity contribution in [2.24, 2.45) is 5.92 Å². The molecule has 0 saturated heterocycles. The molecule has 3 heteroatoms. The molecular formula is C14H15NO2. The molecule has 0 aromatic heterocycles. The molecule has 1 fully saturated rings. The molecular weight excluding hydrogens is 214 g/mol. The number of carbonyl (C=O) groups is 1. The van der Waals surface area contributed by atoms with Crippen LogP contribution >= 0.6 is 0 Å². The van der Waals surface area contributed by atoms with E-state index in [4.69, 9.17) is 0 Å². The standard InChI is InChI=1S/C14H15NO2/c1-9-12-4-2-3-5-13(12)14(17)15(9)8-10-6-11(16)7-10/h2-5,10-11,16H,1,6-8H2. The van der Waals surface area contributed by atoms with Gasteiger partial charge in [0.05, 0.1) is 6.10 Å². The summed E-state index contributed by atoms with van der Waals surface area (Å²) >= 11 is 0. The van der Waals surface area contributed by atoms with Gasteiger partial charge in [0.15, 0.2) is 0 Å². The van der Waals surface area contributed by atoms with E-state index < -0.39 is 0 Å².